The van der Waals surface area contributed by atoms with Crippen LogP contribution in [-0.2, 0) is 4.57 Å². The fourth-order valence-electron chi connectivity index (χ4n) is 0.645. The smallest absolute Gasteiger partial charge is 0.380 e. The Morgan fingerprint density at radius 3 is 2.50 bits per heavy atom. The Balaban J connectivity index is 0.000000385. The number of hydrogen-bond acceptors (Lipinski definition) is 4. The maximum atomic E-state index is 10.6. The molecule has 0 saturated carbocycles. The molecule has 0 spiro atoms. The maximum absolute atomic E-state index is 10.6. The van der Waals surface area contributed by atoms with Crippen LogP contribution in [0.2, 0.25) is 0 Å². The molecule has 0 saturated heterocycles. The highest BCUT2D eigenvalue weighted by molar-refractivity contribution is 8.43. The predicted molar refractivity (Wildman–Crippen MR) is 62.9 cm³/mol. The molecule has 0 atom stereocenters. The van der Waals surface area contributed by atoms with Crippen LogP contribution in [0.15, 0.2) is 11.0 Å². The van der Waals surface area contributed by atoms with Crippen molar-refractivity contribution in [1.82, 2.24) is 9.97 Å². The van der Waals surface area contributed by atoms with Gasteiger partial charge in [-0.15, -0.1) is 5.92 Å². The molecule has 1 aromatic rings. The van der Waals surface area contributed by atoms with Crippen molar-refractivity contribution in [3.8, 4) is 11.8 Å². The van der Waals surface area contributed by atoms with Crippen LogP contribution in [0.4, 0.5) is 5.82 Å². The number of anilines is 1. The molecule has 16 heavy (non-hydrogen) atoms. The molecule has 88 valence electrons. The number of aromatic nitrogens is 2. The average molecular weight is 263 g/mol. The summed E-state index contributed by atoms with van der Waals surface area (Å²) >= 11 is 2.79. The average Bonchev–Trinajstić information content (AvgIpc) is 2.07. The summed E-state index contributed by atoms with van der Waals surface area (Å²) in [4.78, 5) is 31.4. The van der Waals surface area contributed by atoms with Gasteiger partial charge in [-0.2, -0.15) is 4.98 Å². The van der Waals surface area contributed by atoms with E-state index >= 15 is 0 Å². The summed E-state index contributed by atoms with van der Waals surface area (Å²) in [6.07, 6.45) is 1.45. The number of rotatable bonds is 0. The zero-order chi connectivity index (χ0) is 12.8. The molecule has 0 bridgehead atoms. The van der Waals surface area contributed by atoms with Gasteiger partial charge in [0.1, 0.15) is 5.82 Å². The first kappa shape index (κ1) is 14.7. The minimum absolute atomic E-state index is 0.170. The largest absolute Gasteiger partial charge is 0.382 e. The minimum Gasteiger partial charge on any atom is -0.382 e. The molecule has 0 unspecified atom stereocenters. The van der Waals surface area contributed by atoms with Crippen LogP contribution in [0.3, 0.4) is 0 Å². The van der Waals surface area contributed by atoms with Gasteiger partial charge < -0.3 is 20.5 Å². The molecule has 0 amide bonds. The number of H-pyrrole nitrogens is 1. The van der Waals surface area contributed by atoms with Crippen LogP contribution >= 0.6 is 19.0 Å². The molecular weight excluding hydrogens is 253 g/mol. The summed E-state index contributed by atoms with van der Waals surface area (Å²) in [5.41, 5.74) is 5.47. The summed E-state index contributed by atoms with van der Waals surface area (Å²) in [6.45, 7) is -2.26. The van der Waals surface area contributed by atoms with Gasteiger partial charge in [0.15, 0.2) is 0 Å². The predicted octanol–water partition coefficient (Wildman–Crippen LogP) is -0.268. The lowest BCUT2D eigenvalue weighted by Crippen LogP contribution is -2.12. The fraction of sp³-hybridized carbons (Fsp3) is 0.143. The molecule has 0 fully saturated rings. The molecule has 9 heteroatoms. The number of nitrogen functional groups attached to an aromatic ring is 1. The summed E-state index contributed by atoms with van der Waals surface area (Å²) in [6, 6.07) is 0. The van der Waals surface area contributed by atoms with Crippen molar-refractivity contribution in [1.29, 1.82) is 0 Å². The van der Waals surface area contributed by atoms with Crippen molar-refractivity contribution in [2.24, 2.45) is 0 Å². The monoisotopic (exact) mass is 263 g/mol. The Hall–Kier alpha value is -1.26. The lowest BCUT2D eigenvalue weighted by molar-refractivity contribution is 0.397. The third-order valence-electron chi connectivity index (χ3n) is 1.10. The van der Waals surface area contributed by atoms with Crippen molar-refractivity contribution in [2.75, 3.05) is 5.73 Å². The Bertz CT molecular complexity index is 504. The van der Waals surface area contributed by atoms with E-state index < -0.39 is 12.5 Å². The third kappa shape index (κ3) is 8.08. The minimum atomic E-state index is -3.94. The Labute approximate surface area is 96.4 Å². The summed E-state index contributed by atoms with van der Waals surface area (Å²) in [5, 5.41) is 0. The van der Waals surface area contributed by atoms with Crippen LogP contribution in [0.5, 0.6) is 0 Å². The number of nitrogens with zero attached hydrogens (tertiary/aromatic N) is 1. The van der Waals surface area contributed by atoms with Gasteiger partial charge in [-0.3, -0.25) is 0 Å². The summed E-state index contributed by atoms with van der Waals surface area (Å²) in [7, 11) is 0. The van der Waals surface area contributed by atoms with Crippen LogP contribution in [-0.4, -0.2) is 19.8 Å². The lowest BCUT2D eigenvalue weighted by Gasteiger charge is -1.92. The summed E-state index contributed by atoms with van der Waals surface area (Å²) in [5.74, 6) is 5.52. The zero-order valence-corrected chi connectivity index (χ0v) is 10.00. The summed E-state index contributed by atoms with van der Waals surface area (Å²) < 4.78 is 9.19. The first-order valence-corrected chi connectivity index (χ1v) is 6.57. The Kier molecular flexibility index (Phi) is 5.85. The van der Waals surface area contributed by atoms with E-state index in [1.807, 2.05) is 0 Å². The van der Waals surface area contributed by atoms with Crippen LogP contribution < -0.4 is 11.4 Å². The van der Waals surface area contributed by atoms with Crippen molar-refractivity contribution < 1.29 is 14.4 Å². The fourth-order valence-corrected chi connectivity index (χ4v) is 0.645. The second-order valence-electron chi connectivity index (χ2n) is 2.39. The normalized spacial score (nSPS) is 9.50. The highest BCUT2D eigenvalue weighted by Crippen LogP contribution is 2.39. The van der Waals surface area contributed by atoms with Gasteiger partial charge in [0, 0.05) is 6.20 Å². The molecule has 0 aliphatic carbocycles. The van der Waals surface area contributed by atoms with Crippen molar-refractivity contribution in [3.05, 3.63) is 22.2 Å². The van der Waals surface area contributed by atoms with Crippen LogP contribution in [0.25, 0.3) is 0 Å². The molecule has 0 radical (unpaired) electrons. The SMILES string of the molecule is CC#Cc1c[nH]c(=O)nc1N.O=P(O)(O)S. The van der Waals surface area contributed by atoms with Gasteiger partial charge in [-0.1, -0.05) is 18.2 Å². The van der Waals surface area contributed by atoms with E-state index in [2.05, 4.69) is 34.1 Å². The van der Waals surface area contributed by atoms with E-state index in [9.17, 15) is 9.36 Å². The highest BCUT2D eigenvalue weighted by Gasteiger charge is 1.97. The second-order valence-corrected chi connectivity index (χ2v) is 4.98. The molecule has 7 nitrogen and oxygen atoms in total. The number of hydrogen-bond donors (Lipinski definition) is 5. The van der Waals surface area contributed by atoms with Crippen LogP contribution in [0.1, 0.15) is 12.5 Å². The van der Waals surface area contributed by atoms with Crippen molar-refractivity contribution >= 4 is 24.9 Å². The van der Waals surface area contributed by atoms with E-state index in [4.69, 9.17) is 15.5 Å². The first-order valence-electron chi connectivity index (χ1n) is 3.80. The molecular formula is C7H10N3O4PS. The van der Waals surface area contributed by atoms with Crippen LogP contribution in [0, 0.1) is 11.8 Å². The third-order valence-corrected chi connectivity index (χ3v) is 1.10. The highest BCUT2D eigenvalue weighted by atomic mass is 32.7. The number of nitrogens with two attached hydrogens (primary N) is 1. The standard InChI is InChI=1S/C7H7N3O.H3O3PS/c1-2-3-5-4-9-7(11)10-6(5)8;1-4(2,3)5/h4H,1H3,(H3,8,9,10,11);(H3,1,2,3,5). The molecule has 5 N–H and O–H groups in total. The number of nitrogens with one attached hydrogen (secondary N) is 1. The zero-order valence-electron chi connectivity index (χ0n) is 8.21. The Morgan fingerprint density at radius 1 is 1.62 bits per heavy atom. The maximum Gasteiger partial charge on any atom is 0.380 e. The van der Waals surface area contributed by atoms with Gasteiger partial charge in [-0.05, 0) is 6.92 Å². The first-order chi connectivity index (χ1) is 7.24. The van der Waals surface area contributed by atoms with E-state index in [1.54, 1.807) is 6.92 Å². The van der Waals surface area contributed by atoms with E-state index in [-0.39, 0.29) is 5.82 Å². The molecule has 1 rings (SSSR count). The van der Waals surface area contributed by atoms with Gasteiger partial charge in [0.2, 0.25) is 0 Å². The van der Waals surface area contributed by atoms with E-state index in [0.717, 1.165) is 0 Å². The number of aromatic amines is 1. The lowest BCUT2D eigenvalue weighted by atomic mass is 10.3. The van der Waals surface area contributed by atoms with Crippen molar-refractivity contribution in [3.63, 3.8) is 0 Å². The molecule has 1 heterocycles. The molecule has 0 aliphatic rings. The van der Waals surface area contributed by atoms with Gasteiger partial charge >= 0.3 is 12.5 Å². The van der Waals surface area contributed by atoms with Gasteiger partial charge in [0.05, 0.1) is 5.56 Å². The molecule has 1 aromatic heterocycles. The molecule has 0 aromatic carbocycles. The Morgan fingerprint density at radius 2 is 2.12 bits per heavy atom. The van der Waals surface area contributed by atoms with Gasteiger partial charge in [0.25, 0.3) is 0 Å². The quantitative estimate of drug-likeness (QED) is 0.249. The topological polar surface area (TPSA) is 129 Å². The van der Waals surface area contributed by atoms with E-state index in [0.29, 0.717) is 5.56 Å². The van der Waals surface area contributed by atoms with Gasteiger partial charge in [-0.25, -0.2) is 9.36 Å². The second kappa shape index (κ2) is 6.35. The van der Waals surface area contributed by atoms with E-state index in [1.165, 1.54) is 6.20 Å². The molecule has 0 aliphatic heterocycles. The number of thiol groups is 1. The van der Waals surface area contributed by atoms with Crippen molar-refractivity contribution in [2.45, 2.75) is 6.92 Å².